The van der Waals surface area contributed by atoms with E-state index >= 15 is 0 Å². The molecule has 0 fully saturated rings. The van der Waals surface area contributed by atoms with Crippen molar-refractivity contribution in [2.24, 2.45) is 0 Å². The van der Waals surface area contributed by atoms with Crippen molar-refractivity contribution in [3.63, 3.8) is 0 Å². The van der Waals surface area contributed by atoms with Crippen LogP contribution in [0, 0.1) is 0 Å². The molecule has 0 N–H and O–H groups in total. The summed E-state index contributed by atoms with van der Waals surface area (Å²) in [6.07, 6.45) is 0. The molecule has 0 aliphatic carbocycles. The fraction of sp³-hybridized carbons (Fsp3) is 1.00. The van der Waals surface area contributed by atoms with Crippen LogP contribution in [0.4, 0.5) is 0 Å². The molecule has 0 saturated heterocycles. The summed E-state index contributed by atoms with van der Waals surface area (Å²) in [5.74, 6) is -0.653. The molecule has 0 amide bonds. The average molecular weight is 252 g/mol. The molecule has 0 aromatic rings. The summed E-state index contributed by atoms with van der Waals surface area (Å²) in [6.45, 7) is 1.90. The van der Waals surface area contributed by atoms with Gasteiger partial charge in [-0.15, -0.1) is 0 Å². The molecule has 0 bridgehead atoms. The van der Waals surface area contributed by atoms with E-state index in [2.05, 4.69) is 0 Å². The summed E-state index contributed by atoms with van der Waals surface area (Å²) in [7, 11) is -7.71. The second-order valence-electron chi connectivity index (χ2n) is 2.44. The van der Waals surface area contributed by atoms with Crippen molar-refractivity contribution < 1.29 is 19.6 Å². The zero-order valence-electron chi connectivity index (χ0n) is 6.75. The monoisotopic (exact) mass is 252 g/mol. The maximum Gasteiger partial charge on any atom is 2.00 e. The molecule has 0 atom stereocenters. The molecule has 0 saturated carbocycles. The third-order valence-electron chi connectivity index (χ3n) is 0.642. The molecule has 0 unspecified atom stereocenters. The van der Waals surface area contributed by atoms with E-state index in [1.54, 1.807) is 0 Å². The van der Waals surface area contributed by atoms with Crippen LogP contribution in [-0.2, 0) is 0 Å². The van der Waals surface area contributed by atoms with Crippen LogP contribution in [-0.4, -0.2) is 94.7 Å². The quantitative estimate of drug-likeness (QED) is 0.370. The predicted molar refractivity (Wildman–Crippen MR) is 44.9 cm³/mol. The zero-order chi connectivity index (χ0) is 7.71. The fourth-order valence-corrected chi connectivity index (χ4v) is 5.25. The van der Waals surface area contributed by atoms with Crippen LogP contribution < -0.4 is 19.6 Å². The Kier molecular flexibility index (Phi) is 13.5. The van der Waals surface area contributed by atoms with Gasteiger partial charge in [0.05, 0.1) is 0 Å². The first-order valence-electron chi connectivity index (χ1n) is 2.52. The minimum atomic E-state index is -3.86. The number of hydrogen-bond donors (Lipinski definition) is 0. The summed E-state index contributed by atoms with van der Waals surface area (Å²) in [5, 5.41) is 0. The van der Waals surface area contributed by atoms with E-state index < -0.39 is 21.3 Å². The zero-order valence-corrected chi connectivity index (χ0v) is 13.2. The molecule has 60 valence electrons. The topological polar surface area (TPSA) is 92.2 Å². The van der Waals surface area contributed by atoms with Crippen LogP contribution in [0.15, 0.2) is 0 Å². The fourth-order valence-electron chi connectivity index (χ4n) is 0.583. The second kappa shape index (κ2) is 7.50. The maximum atomic E-state index is 10.3. The Morgan fingerprint density at radius 3 is 1.00 bits per heavy atom. The Hall–Kier alpha value is 3.22. The molecule has 8 heteroatoms. The minimum absolute atomic E-state index is 0. The predicted octanol–water partition coefficient (Wildman–Crippen LogP) is -3.96. The van der Waals surface area contributed by atoms with Crippen molar-refractivity contribution in [3.05, 3.63) is 0 Å². The smallest absolute Gasteiger partial charge is 2.00 e. The largest absolute Gasteiger partial charge is 2.00 e. The Labute approximate surface area is 127 Å². The van der Waals surface area contributed by atoms with Gasteiger partial charge in [-0.1, -0.05) is 0 Å². The summed E-state index contributed by atoms with van der Waals surface area (Å²) in [4.78, 5) is 41.3. The van der Waals surface area contributed by atoms with Crippen molar-refractivity contribution in [2.45, 2.75) is 0 Å². The van der Waals surface area contributed by atoms with Gasteiger partial charge in [-0.2, -0.15) is 0 Å². The van der Waals surface area contributed by atoms with Gasteiger partial charge in [0.1, 0.15) is 0 Å². The molecule has 0 heterocycles. The first kappa shape index (κ1) is 19.7. The van der Waals surface area contributed by atoms with Crippen LogP contribution in [0.2, 0.25) is 0 Å². The van der Waals surface area contributed by atoms with Gasteiger partial charge in [0, 0.05) is 0 Å². The van der Waals surface area contributed by atoms with Crippen molar-refractivity contribution in [3.8, 4) is 0 Å². The maximum absolute atomic E-state index is 10.3. The molecule has 0 rings (SSSR count). The van der Waals surface area contributed by atoms with Crippen LogP contribution in [0.3, 0.4) is 0 Å². The average Bonchev–Trinajstić information content (AvgIpc) is 1.14. The number of rotatable bonds is 2. The van der Waals surface area contributed by atoms with E-state index in [1.165, 1.54) is 0 Å². The Bertz CT molecular complexity index is 86.5. The van der Waals surface area contributed by atoms with Gasteiger partial charge in [0.2, 0.25) is 0 Å². The molecule has 0 aliphatic rings. The normalized spacial score (nSPS) is 14.4. The first-order valence-corrected chi connectivity index (χ1v) is 7.57. The van der Waals surface area contributed by atoms with E-state index in [1.807, 2.05) is 0 Å². The van der Waals surface area contributed by atoms with Crippen molar-refractivity contribution in [2.75, 3.05) is 19.2 Å². The second-order valence-corrected chi connectivity index (χ2v) is 8.39. The van der Waals surface area contributed by atoms with Gasteiger partial charge >= 0.3 is 130 Å². The Morgan fingerprint density at radius 1 is 0.818 bits per heavy atom. The van der Waals surface area contributed by atoms with Crippen molar-refractivity contribution >= 4 is 90.9 Å². The Morgan fingerprint density at radius 2 is 1.00 bits per heavy atom. The summed E-state index contributed by atoms with van der Waals surface area (Å²) >= 11 is 0. The third-order valence-corrected chi connectivity index (χ3v) is 5.78. The first-order chi connectivity index (χ1) is 3.71. The molecule has 4 nitrogen and oxygen atoms in total. The number of hydrogen-bond acceptors (Lipinski definition) is 4. The van der Waals surface area contributed by atoms with Crippen LogP contribution in [0.25, 0.3) is 0 Å². The molecular weight excluding hydrogens is 242 g/mol. The molecule has 0 aromatic carbocycles. The molecule has 0 spiro atoms. The summed E-state index contributed by atoms with van der Waals surface area (Å²) in [6, 6.07) is 0. The van der Waals surface area contributed by atoms with E-state index in [0.717, 1.165) is 13.3 Å². The van der Waals surface area contributed by atoms with E-state index in [9.17, 15) is 19.6 Å². The SMILES string of the molecule is C[PH]([O-])([O-])C[PH](C)([O-])[O-].[Ca+2].[Ca+2]. The van der Waals surface area contributed by atoms with E-state index in [-0.39, 0.29) is 75.5 Å². The molecule has 0 aliphatic heterocycles. The van der Waals surface area contributed by atoms with E-state index in [4.69, 9.17) is 0 Å². The Balaban J connectivity index is -0.000000320. The molecule has 11 heavy (non-hydrogen) atoms. The molecule has 0 aromatic heterocycles. The standard InChI is InChI=1S/C3H10O4P2.2Ca/c1-8(4,5)3-9(2,6)7;;/h8-9H,3H2,1-2H3;;/q-4;2*+2. The van der Waals surface area contributed by atoms with Crippen LogP contribution >= 0.6 is 15.4 Å². The molecule has 0 radical (unpaired) electrons. The summed E-state index contributed by atoms with van der Waals surface area (Å²) in [5.41, 5.74) is 0. The van der Waals surface area contributed by atoms with Gasteiger partial charge in [-0.05, 0) is 0 Å². The van der Waals surface area contributed by atoms with Gasteiger partial charge < -0.3 is 0 Å². The van der Waals surface area contributed by atoms with Gasteiger partial charge in [0.25, 0.3) is 0 Å². The van der Waals surface area contributed by atoms with Gasteiger partial charge in [0.15, 0.2) is 0 Å². The summed E-state index contributed by atoms with van der Waals surface area (Å²) < 4.78 is 0. The van der Waals surface area contributed by atoms with Crippen LogP contribution in [0.5, 0.6) is 0 Å². The molecular formula is C3H10Ca2O4P2. The minimum Gasteiger partial charge on any atom is 2.00 e. The van der Waals surface area contributed by atoms with E-state index in [0.29, 0.717) is 0 Å². The van der Waals surface area contributed by atoms with Crippen molar-refractivity contribution in [1.29, 1.82) is 0 Å². The van der Waals surface area contributed by atoms with Crippen LogP contribution in [0.1, 0.15) is 0 Å². The van der Waals surface area contributed by atoms with Crippen molar-refractivity contribution in [1.82, 2.24) is 0 Å². The van der Waals surface area contributed by atoms with Gasteiger partial charge in [-0.3, -0.25) is 0 Å². The van der Waals surface area contributed by atoms with Gasteiger partial charge in [-0.25, -0.2) is 0 Å². The third kappa shape index (κ3) is 19.6.